The molecule has 1 aliphatic rings. The summed E-state index contributed by atoms with van der Waals surface area (Å²) in [6.07, 6.45) is -0.789. The first kappa shape index (κ1) is 22.4. The number of aromatic nitrogens is 1. The molecule has 0 bridgehead atoms. The molecule has 0 saturated carbocycles. The Balaban J connectivity index is 1.37. The maximum atomic E-state index is 12.4. The fraction of sp³-hybridized carbons (Fsp3) is 0.217. The second kappa shape index (κ2) is 9.39. The molecule has 0 saturated heterocycles. The van der Waals surface area contributed by atoms with Crippen LogP contribution in [-0.2, 0) is 9.53 Å². The Morgan fingerprint density at radius 1 is 1.09 bits per heavy atom. The highest BCUT2D eigenvalue weighted by Crippen LogP contribution is 2.44. The Morgan fingerprint density at radius 2 is 1.70 bits per heavy atom. The van der Waals surface area contributed by atoms with Crippen LogP contribution in [0.25, 0.3) is 11.1 Å². The van der Waals surface area contributed by atoms with Crippen LogP contribution in [0.3, 0.4) is 0 Å². The molecular formula is C23H21N3O6S. The Hall–Kier alpha value is -3.76. The summed E-state index contributed by atoms with van der Waals surface area (Å²) in [5.74, 6) is -2.17. The number of carbonyl (C=O) groups excluding carboxylic acids is 2. The highest BCUT2D eigenvalue weighted by atomic mass is 32.1. The maximum absolute atomic E-state index is 12.4. The van der Waals surface area contributed by atoms with Crippen molar-refractivity contribution in [2.45, 2.75) is 25.0 Å². The van der Waals surface area contributed by atoms with Crippen molar-refractivity contribution in [2.24, 2.45) is 0 Å². The molecule has 9 nitrogen and oxygen atoms in total. The number of carboxylic acids is 1. The molecule has 2 amide bonds. The number of ether oxygens (including phenoxy) is 1. The highest BCUT2D eigenvalue weighted by Gasteiger charge is 2.29. The Bertz CT molecular complexity index is 1160. The number of anilines is 1. The second-order valence-electron chi connectivity index (χ2n) is 7.51. The van der Waals surface area contributed by atoms with Crippen molar-refractivity contribution < 1.29 is 29.3 Å². The molecule has 0 aliphatic heterocycles. The maximum Gasteiger partial charge on any atom is 0.413 e. The van der Waals surface area contributed by atoms with Crippen molar-refractivity contribution in [1.82, 2.24) is 10.3 Å². The van der Waals surface area contributed by atoms with Gasteiger partial charge in [-0.25, -0.2) is 14.6 Å². The van der Waals surface area contributed by atoms with Gasteiger partial charge in [0.25, 0.3) is 5.91 Å². The van der Waals surface area contributed by atoms with Crippen molar-refractivity contribution in [2.75, 3.05) is 11.9 Å². The van der Waals surface area contributed by atoms with Crippen LogP contribution >= 0.6 is 11.3 Å². The van der Waals surface area contributed by atoms with E-state index in [1.54, 1.807) is 0 Å². The zero-order chi connectivity index (χ0) is 23.5. The first-order valence-corrected chi connectivity index (χ1v) is 11.0. The van der Waals surface area contributed by atoms with E-state index in [2.05, 4.69) is 15.6 Å². The number of aliphatic hydroxyl groups excluding tert-OH is 1. The number of benzene rings is 2. The largest absolute Gasteiger partial charge is 0.480 e. The van der Waals surface area contributed by atoms with Crippen molar-refractivity contribution in [1.29, 1.82) is 0 Å². The van der Waals surface area contributed by atoms with Crippen molar-refractivity contribution in [3.63, 3.8) is 0 Å². The average Bonchev–Trinajstić information content (AvgIpc) is 3.38. The number of nitrogens with one attached hydrogen (secondary N) is 2. The molecule has 1 heterocycles. The molecule has 4 N–H and O–H groups in total. The van der Waals surface area contributed by atoms with Gasteiger partial charge < -0.3 is 20.3 Å². The van der Waals surface area contributed by atoms with Crippen molar-refractivity contribution >= 4 is 34.4 Å². The number of rotatable bonds is 7. The zero-order valence-corrected chi connectivity index (χ0v) is 18.3. The normalized spacial score (nSPS) is 14.0. The van der Waals surface area contributed by atoms with Crippen LogP contribution < -0.4 is 10.6 Å². The monoisotopic (exact) mass is 467 g/mol. The average molecular weight is 468 g/mol. The van der Waals surface area contributed by atoms with Gasteiger partial charge in [-0.2, -0.15) is 0 Å². The first-order chi connectivity index (χ1) is 15.8. The first-order valence-electron chi connectivity index (χ1n) is 10.1. The summed E-state index contributed by atoms with van der Waals surface area (Å²) in [4.78, 5) is 39.8. The minimum absolute atomic E-state index is 0.0795. The summed E-state index contributed by atoms with van der Waals surface area (Å²) in [6.45, 7) is 1.39. The van der Waals surface area contributed by atoms with Gasteiger partial charge in [0.05, 0.1) is 12.3 Å². The van der Waals surface area contributed by atoms with Gasteiger partial charge in [0.15, 0.2) is 11.2 Å². The quantitative estimate of drug-likeness (QED) is 0.419. The fourth-order valence-electron chi connectivity index (χ4n) is 3.76. The summed E-state index contributed by atoms with van der Waals surface area (Å²) >= 11 is 0.860. The third-order valence-electron chi connectivity index (χ3n) is 5.32. The Kier molecular flexibility index (Phi) is 6.38. The Labute approximate surface area is 193 Å². The molecule has 0 unspecified atom stereocenters. The van der Waals surface area contributed by atoms with Gasteiger partial charge in [-0.05, 0) is 29.2 Å². The molecule has 2 aromatic carbocycles. The van der Waals surface area contributed by atoms with E-state index in [4.69, 9.17) is 9.84 Å². The van der Waals surface area contributed by atoms with Gasteiger partial charge >= 0.3 is 12.1 Å². The summed E-state index contributed by atoms with van der Waals surface area (Å²) in [5.41, 5.74) is 4.42. The molecule has 3 aromatic rings. The van der Waals surface area contributed by atoms with Crippen LogP contribution in [0.5, 0.6) is 0 Å². The van der Waals surface area contributed by atoms with Crippen LogP contribution in [0, 0.1) is 0 Å². The predicted octanol–water partition coefficient (Wildman–Crippen LogP) is 3.07. The molecule has 0 spiro atoms. The minimum Gasteiger partial charge on any atom is -0.480 e. The SMILES string of the molecule is C[C@@H](O)[C@H](NC(=O)c1cnc(NC(=O)OCC2c3ccccc3-c3ccccc32)s1)C(=O)O. The van der Waals surface area contributed by atoms with Gasteiger partial charge in [0.2, 0.25) is 0 Å². The van der Waals surface area contributed by atoms with E-state index < -0.39 is 30.1 Å². The van der Waals surface area contributed by atoms with E-state index in [9.17, 15) is 19.5 Å². The third kappa shape index (κ3) is 4.71. The smallest absolute Gasteiger partial charge is 0.413 e. The molecule has 2 atom stereocenters. The second-order valence-corrected chi connectivity index (χ2v) is 8.54. The van der Waals surface area contributed by atoms with Crippen LogP contribution in [0.2, 0.25) is 0 Å². The van der Waals surface area contributed by atoms with Crippen LogP contribution in [0.1, 0.15) is 33.6 Å². The van der Waals surface area contributed by atoms with Crippen molar-refractivity contribution in [3.05, 3.63) is 70.7 Å². The molecule has 0 fully saturated rings. The van der Waals surface area contributed by atoms with Gasteiger partial charge in [-0.3, -0.25) is 10.1 Å². The summed E-state index contributed by atoms with van der Waals surface area (Å²) in [5, 5.41) is 23.4. The number of aliphatic carboxylic acids is 1. The summed E-state index contributed by atoms with van der Waals surface area (Å²) < 4.78 is 5.45. The lowest BCUT2D eigenvalue weighted by atomic mass is 9.98. The minimum atomic E-state index is -1.46. The number of aliphatic hydroxyl groups is 1. The number of amides is 2. The number of carboxylic acid groups (broad SMARTS) is 1. The van der Waals surface area contributed by atoms with Gasteiger partial charge in [0, 0.05) is 5.92 Å². The Morgan fingerprint density at radius 3 is 2.27 bits per heavy atom. The summed E-state index contributed by atoms with van der Waals surface area (Å²) in [6, 6.07) is 14.5. The highest BCUT2D eigenvalue weighted by molar-refractivity contribution is 7.17. The lowest BCUT2D eigenvalue weighted by Gasteiger charge is -2.16. The van der Waals surface area contributed by atoms with Crippen molar-refractivity contribution in [3.8, 4) is 11.1 Å². The van der Waals surface area contributed by atoms with E-state index >= 15 is 0 Å². The number of thiazole rings is 1. The fourth-order valence-corrected chi connectivity index (χ4v) is 4.46. The number of hydrogen-bond acceptors (Lipinski definition) is 7. The lowest BCUT2D eigenvalue weighted by molar-refractivity contribution is -0.141. The summed E-state index contributed by atoms with van der Waals surface area (Å²) in [7, 11) is 0. The van der Waals surface area contributed by atoms with E-state index in [1.165, 1.54) is 13.1 Å². The molecule has 1 aliphatic carbocycles. The predicted molar refractivity (Wildman–Crippen MR) is 121 cm³/mol. The topological polar surface area (TPSA) is 138 Å². The van der Waals surface area contributed by atoms with Gasteiger partial charge in [-0.15, -0.1) is 0 Å². The lowest BCUT2D eigenvalue weighted by Crippen LogP contribution is -2.47. The molecule has 0 radical (unpaired) electrons. The van der Waals surface area contributed by atoms with E-state index in [-0.39, 0.29) is 22.5 Å². The molecule has 170 valence electrons. The van der Waals surface area contributed by atoms with Crippen LogP contribution in [-0.4, -0.2) is 51.9 Å². The number of hydrogen-bond donors (Lipinski definition) is 4. The third-order valence-corrected chi connectivity index (χ3v) is 6.23. The standard InChI is InChI=1S/C23H21N3O6S/c1-12(27)19(21(29)30)25-20(28)18-10-24-22(33-18)26-23(31)32-11-17-15-8-4-2-6-13(15)14-7-3-5-9-16(14)17/h2-10,12,17,19,27H,11H2,1H3,(H,25,28)(H,29,30)(H,24,26,31)/t12-,19+/m1/s1. The molecule has 4 rings (SSSR count). The van der Waals surface area contributed by atoms with E-state index in [0.717, 1.165) is 33.6 Å². The van der Waals surface area contributed by atoms with Gasteiger partial charge in [0.1, 0.15) is 11.5 Å². The zero-order valence-electron chi connectivity index (χ0n) is 17.5. The van der Waals surface area contributed by atoms with Crippen LogP contribution in [0.4, 0.5) is 9.93 Å². The van der Waals surface area contributed by atoms with E-state index in [1.807, 2.05) is 48.5 Å². The van der Waals surface area contributed by atoms with Crippen LogP contribution in [0.15, 0.2) is 54.7 Å². The molecule has 10 heteroatoms. The number of fused-ring (bicyclic) bond motifs is 3. The molecule has 33 heavy (non-hydrogen) atoms. The molecule has 1 aromatic heterocycles. The van der Waals surface area contributed by atoms with Gasteiger partial charge in [-0.1, -0.05) is 59.9 Å². The number of carbonyl (C=O) groups is 3. The molecular weight excluding hydrogens is 446 g/mol. The van der Waals surface area contributed by atoms with E-state index in [0.29, 0.717) is 0 Å². The number of nitrogens with zero attached hydrogens (tertiary/aromatic N) is 1.